The number of hydrogen-bond acceptors (Lipinski definition) is 3. The zero-order chi connectivity index (χ0) is 14.8. The van der Waals surface area contributed by atoms with E-state index in [0.29, 0.717) is 18.6 Å². The lowest BCUT2D eigenvalue weighted by Gasteiger charge is -2.15. The van der Waals surface area contributed by atoms with E-state index >= 15 is 0 Å². The molecule has 1 N–H and O–H groups in total. The van der Waals surface area contributed by atoms with Gasteiger partial charge in [0.05, 0.1) is 19.5 Å². The smallest absolute Gasteiger partial charge is 0.119 e. The molecule has 0 saturated heterocycles. The molecule has 0 aliphatic carbocycles. The van der Waals surface area contributed by atoms with Crippen LogP contribution in [0.3, 0.4) is 0 Å². The fourth-order valence-electron chi connectivity index (χ4n) is 1.79. The van der Waals surface area contributed by atoms with Crippen LogP contribution in [0.2, 0.25) is 0 Å². The average molecular weight is 277 g/mol. The number of nitrogens with one attached hydrogen (secondary N) is 1. The van der Waals surface area contributed by atoms with Crippen molar-refractivity contribution in [2.45, 2.75) is 33.2 Å². The molecular weight excluding hydrogens is 250 g/mol. The second-order valence-corrected chi connectivity index (χ2v) is 5.34. The largest absolute Gasteiger partial charge is 0.502 e. The predicted molar refractivity (Wildman–Crippen MR) is 84.0 cm³/mol. The zero-order valence-corrected chi connectivity index (χ0v) is 12.9. The molecule has 0 bridgehead atoms. The monoisotopic (exact) mass is 277 g/mol. The lowest BCUT2D eigenvalue weighted by Crippen LogP contribution is -2.20. The van der Waals surface area contributed by atoms with Gasteiger partial charge in [-0.25, -0.2) is 0 Å². The maximum atomic E-state index is 5.68. The van der Waals surface area contributed by atoms with Crippen molar-refractivity contribution in [1.29, 1.82) is 0 Å². The van der Waals surface area contributed by atoms with Crippen molar-refractivity contribution in [3.63, 3.8) is 0 Å². The third kappa shape index (κ3) is 6.62. The molecule has 0 radical (unpaired) electrons. The molecule has 0 heterocycles. The van der Waals surface area contributed by atoms with Gasteiger partial charge in [0.25, 0.3) is 0 Å². The van der Waals surface area contributed by atoms with E-state index in [1.165, 1.54) is 11.8 Å². The average Bonchev–Trinajstić information content (AvgIpc) is 2.45. The SMILES string of the molecule is C=COCCCNC(C)c1ccc(OCC(C)C)cc1. The molecule has 0 aliphatic rings. The first-order valence-electron chi connectivity index (χ1n) is 7.32. The highest BCUT2D eigenvalue weighted by Gasteiger charge is 2.05. The van der Waals surface area contributed by atoms with Gasteiger partial charge >= 0.3 is 0 Å². The minimum atomic E-state index is 0.331. The molecule has 0 saturated carbocycles. The first-order valence-corrected chi connectivity index (χ1v) is 7.32. The van der Waals surface area contributed by atoms with Gasteiger partial charge in [0.1, 0.15) is 5.75 Å². The highest BCUT2D eigenvalue weighted by molar-refractivity contribution is 5.28. The summed E-state index contributed by atoms with van der Waals surface area (Å²) in [4.78, 5) is 0. The van der Waals surface area contributed by atoms with E-state index in [2.05, 4.69) is 44.8 Å². The van der Waals surface area contributed by atoms with E-state index < -0.39 is 0 Å². The van der Waals surface area contributed by atoms with Gasteiger partial charge in [0.15, 0.2) is 0 Å². The van der Waals surface area contributed by atoms with Gasteiger partial charge < -0.3 is 14.8 Å². The molecule has 20 heavy (non-hydrogen) atoms. The van der Waals surface area contributed by atoms with E-state index in [-0.39, 0.29) is 0 Å². The van der Waals surface area contributed by atoms with Crippen molar-refractivity contribution in [1.82, 2.24) is 5.32 Å². The molecule has 1 atom stereocenters. The fourth-order valence-corrected chi connectivity index (χ4v) is 1.79. The van der Waals surface area contributed by atoms with Crippen molar-refractivity contribution < 1.29 is 9.47 Å². The molecule has 1 aromatic rings. The quantitative estimate of drug-likeness (QED) is 0.519. The van der Waals surface area contributed by atoms with E-state index in [1.807, 2.05) is 12.1 Å². The van der Waals surface area contributed by atoms with Gasteiger partial charge in [0, 0.05) is 6.04 Å². The van der Waals surface area contributed by atoms with Crippen LogP contribution in [0.4, 0.5) is 0 Å². The van der Waals surface area contributed by atoms with E-state index in [9.17, 15) is 0 Å². The van der Waals surface area contributed by atoms with Crippen LogP contribution in [0.5, 0.6) is 5.75 Å². The minimum Gasteiger partial charge on any atom is -0.502 e. The summed E-state index contributed by atoms with van der Waals surface area (Å²) >= 11 is 0. The lowest BCUT2D eigenvalue weighted by molar-refractivity contribution is 0.243. The van der Waals surface area contributed by atoms with Crippen LogP contribution in [0.15, 0.2) is 37.1 Å². The summed E-state index contributed by atoms with van der Waals surface area (Å²) in [5, 5.41) is 3.47. The summed E-state index contributed by atoms with van der Waals surface area (Å²) in [5.41, 5.74) is 1.27. The van der Waals surface area contributed by atoms with E-state index in [0.717, 1.165) is 25.3 Å². The predicted octanol–water partition coefficient (Wildman–Crippen LogP) is 3.92. The summed E-state index contributed by atoms with van der Waals surface area (Å²) in [6.07, 6.45) is 2.46. The Balaban J connectivity index is 2.33. The van der Waals surface area contributed by atoms with Gasteiger partial charge in [-0.3, -0.25) is 0 Å². The lowest BCUT2D eigenvalue weighted by atomic mass is 10.1. The van der Waals surface area contributed by atoms with Crippen LogP contribution in [-0.4, -0.2) is 19.8 Å². The Labute approximate surface area is 123 Å². The number of ether oxygens (including phenoxy) is 2. The Kier molecular flexibility index (Phi) is 7.81. The Morgan fingerprint density at radius 2 is 1.90 bits per heavy atom. The van der Waals surface area contributed by atoms with Gasteiger partial charge in [0.2, 0.25) is 0 Å². The van der Waals surface area contributed by atoms with Crippen LogP contribution in [0.25, 0.3) is 0 Å². The Morgan fingerprint density at radius 1 is 1.20 bits per heavy atom. The molecule has 0 amide bonds. The molecule has 0 aromatic heterocycles. The minimum absolute atomic E-state index is 0.331. The molecule has 3 heteroatoms. The van der Waals surface area contributed by atoms with Crippen molar-refractivity contribution in [2.24, 2.45) is 5.92 Å². The Morgan fingerprint density at radius 3 is 2.50 bits per heavy atom. The molecule has 3 nitrogen and oxygen atoms in total. The second-order valence-electron chi connectivity index (χ2n) is 5.34. The molecule has 1 rings (SSSR count). The maximum absolute atomic E-state index is 5.68. The topological polar surface area (TPSA) is 30.5 Å². The standard InChI is InChI=1S/C17H27NO2/c1-5-19-12-6-11-18-15(4)16-7-9-17(10-8-16)20-13-14(2)3/h5,7-10,14-15,18H,1,6,11-13H2,2-4H3. The second kappa shape index (κ2) is 9.43. The normalized spacial score (nSPS) is 12.2. The summed E-state index contributed by atoms with van der Waals surface area (Å²) in [5.74, 6) is 1.49. The molecule has 1 unspecified atom stereocenters. The third-order valence-corrected chi connectivity index (χ3v) is 2.97. The van der Waals surface area contributed by atoms with Crippen molar-refractivity contribution in [3.8, 4) is 5.75 Å². The molecule has 1 aromatic carbocycles. The maximum Gasteiger partial charge on any atom is 0.119 e. The molecule has 0 spiro atoms. The Bertz CT molecular complexity index is 373. The van der Waals surface area contributed by atoms with Gasteiger partial charge in [-0.15, -0.1) is 0 Å². The van der Waals surface area contributed by atoms with E-state index in [1.54, 1.807) is 0 Å². The molecule has 112 valence electrons. The highest BCUT2D eigenvalue weighted by atomic mass is 16.5. The summed E-state index contributed by atoms with van der Waals surface area (Å²) in [6, 6.07) is 8.65. The van der Waals surface area contributed by atoms with Crippen LogP contribution < -0.4 is 10.1 Å². The summed E-state index contributed by atoms with van der Waals surface area (Å²) in [6.45, 7) is 12.4. The van der Waals surface area contributed by atoms with Crippen molar-refractivity contribution in [2.75, 3.05) is 19.8 Å². The van der Waals surface area contributed by atoms with Gasteiger partial charge in [-0.1, -0.05) is 32.6 Å². The molecule has 0 fully saturated rings. The van der Waals surface area contributed by atoms with Crippen LogP contribution in [0, 0.1) is 5.92 Å². The van der Waals surface area contributed by atoms with Crippen molar-refractivity contribution in [3.05, 3.63) is 42.7 Å². The van der Waals surface area contributed by atoms with Crippen LogP contribution >= 0.6 is 0 Å². The summed E-state index contributed by atoms with van der Waals surface area (Å²) in [7, 11) is 0. The number of rotatable bonds is 10. The van der Waals surface area contributed by atoms with Crippen LogP contribution in [0.1, 0.15) is 38.8 Å². The number of benzene rings is 1. The van der Waals surface area contributed by atoms with E-state index in [4.69, 9.17) is 9.47 Å². The summed E-state index contributed by atoms with van der Waals surface area (Å²) < 4.78 is 10.8. The first-order chi connectivity index (χ1) is 9.63. The van der Waals surface area contributed by atoms with Crippen LogP contribution in [-0.2, 0) is 4.74 Å². The zero-order valence-electron chi connectivity index (χ0n) is 12.9. The number of hydrogen-bond donors (Lipinski definition) is 1. The molecular formula is C17H27NO2. The Hall–Kier alpha value is -1.48. The highest BCUT2D eigenvalue weighted by Crippen LogP contribution is 2.18. The molecule has 0 aliphatic heterocycles. The van der Waals surface area contributed by atoms with Gasteiger partial charge in [-0.2, -0.15) is 0 Å². The van der Waals surface area contributed by atoms with Gasteiger partial charge in [-0.05, 0) is 43.5 Å². The third-order valence-electron chi connectivity index (χ3n) is 2.97. The first kappa shape index (κ1) is 16.6. The van der Waals surface area contributed by atoms with Crippen molar-refractivity contribution >= 4 is 0 Å². The fraction of sp³-hybridized carbons (Fsp3) is 0.529.